The van der Waals surface area contributed by atoms with Crippen molar-refractivity contribution in [1.82, 2.24) is 0 Å². The number of benzene rings is 1. The molecule has 1 aromatic rings. The molecule has 2 atom stereocenters. The number of para-hydroxylation sites is 1. The van der Waals surface area contributed by atoms with Crippen LogP contribution in [0.5, 0.6) is 0 Å². The van der Waals surface area contributed by atoms with Crippen LogP contribution in [0, 0.1) is 5.92 Å². The van der Waals surface area contributed by atoms with Crippen LogP contribution in [-0.4, -0.2) is 19.1 Å². The first-order valence-electron chi connectivity index (χ1n) is 6.87. The largest absolute Gasteiger partial charge is 0.367 e. The maximum Gasteiger partial charge on any atom is 0.0642 e. The molecule has 2 rings (SSSR count). The molecule has 0 spiro atoms. The van der Waals surface area contributed by atoms with Gasteiger partial charge in [0.2, 0.25) is 0 Å². The molecule has 1 saturated heterocycles. The molecule has 0 bridgehead atoms. The van der Waals surface area contributed by atoms with Crippen LogP contribution in [-0.2, 0) is 6.42 Å². The van der Waals surface area contributed by atoms with E-state index in [1.807, 2.05) is 12.1 Å². The number of rotatable bonds is 3. The Morgan fingerprint density at radius 1 is 1.33 bits per heavy atom. The monoisotopic (exact) mass is 266 g/mol. The standard InChI is InChI=1S/C15H23ClN2/c1-11-6-7-12(2)18(10-11)15-13(8-9-17)4-3-5-14(15)16/h3-5,11-12H,6-10,17H2,1-2H3. The lowest BCUT2D eigenvalue weighted by atomic mass is 9.93. The molecule has 2 N–H and O–H groups in total. The normalized spacial score (nSPS) is 24.3. The molecule has 1 aromatic carbocycles. The van der Waals surface area contributed by atoms with E-state index in [-0.39, 0.29) is 0 Å². The van der Waals surface area contributed by atoms with E-state index in [0.717, 1.165) is 23.9 Å². The number of halogens is 1. The van der Waals surface area contributed by atoms with Crippen molar-refractivity contribution in [3.63, 3.8) is 0 Å². The maximum atomic E-state index is 6.43. The zero-order valence-electron chi connectivity index (χ0n) is 11.3. The van der Waals surface area contributed by atoms with Crippen molar-refractivity contribution in [2.75, 3.05) is 18.0 Å². The number of piperidine rings is 1. The number of nitrogens with two attached hydrogens (primary N) is 1. The molecule has 2 unspecified atom stereocenters. The van der Waals surface area contributed by atoms with E-state index in [1.165, 1.54) is 24.1 Å². The molecule has 0 aromatic heterocycles. The summed E-state index contributed by atoms with van der Waals surface area (Å²) >= 11 is 6.43. The van der Waals surface area contributed by atoms with Gasteiger partial charge in [0.25, 0.3) is 0 Å². The first-order chi connectivity index (χ1) is 8.63. The van der Waals surface area contributed by atoms with Gasteiger partial charge in [-0.15, -0.1) is 0 Å². The lowest BCUT2D eigenvalue weighted by Gasteiger charge is -2.40. The quantitative estimate of drug-likeness (QED) is 0.908. The van der Waals surface area contributed by atoms with Crippen molar-refractivity contribution in [3.8, 4) is 0 Å². The second-order valence-corrected chi connectivity index (χ2v) is 5.88. The Kier molecular flexibility index (Phi) is 4.52. The Morgan fingerprint density at radius 3 is 2.83 bits per heavy atom. The minimum Gasteiger partial charge on any atom is -0.367 e. The first kappa shape index (κ1) is 13.7. The van der Waals surface area contributed by atoms with Crippen molar-refractivity contribution in [2.24, 2.45) is 11.7 Å². The SMILES string of the molecule is CC1CCC(C)N(c2c(Cl)cccc2CCN)C1. The average molecular weight is 267 g/mol. The van der Waals surface area contributed by atoms with Gasteiger partial charge in [0.15, 0.2) is 0 Å². The third kappa shape index (κ3) is 2.81. The Balaban J connectivity index is 2.35. The summed E-state index contributed by atoms with van der Waals surface area (Å²) in [7, 11) is 0. The Bertz CT molecular complexity index is 405. The molecule has 1 heterocycles. The molecule has 0 amide bonds. The Morgan fingerprint density at radius 2 is 2.11 bits per heavy atom. The smallest absolute Gasteiger partial charge is 0.0642 e. The van der Waals surface area contributed by atoms with E-state index in [9.17, 15) is 0 Å². The van der Waals surface area contributed by atoms with Crippen LogP contribution in [0.3, 0.4) is 0 Å². The van der Waals surface area contributed by atoms with Gasteiger partial charge in [0, 0.05) is 12.6 Å². The van der Waals surface area contributed by atoms with Crippen LogP contribution >= 0.6 is 11.6 Å². The number of nitrogens with zero attached hydrogens (tertiary/aromatic N) is 1. The van der Waals surface area contributed by atoms with E-state index in [1.54, 1.807) is 0 Å². The van der Waals surface area contributed by atoms with Gasteiger partial charge in [-0.1, -0.05) is 30.7 Å². The second kappa shape index (κ2) is 5.94. The van der Waals surface area contributed by atoms with Crippen molar-refractivity contribution in [3.05, 3.63) is 28.8 Å². The number of anilines is 1. The fourth-order valence-corrected chi connectivity index (χ4v) is 3.14. The second-order valence-electron chi connectivity index (χ2n) is 5.47. The molecular weight excluding hydrogens is 244 g/mol. The van der Waals surface area contributed by atoms with E-state index in [2.05, 4.69) is 24.8 Å². The zero-order valence-corrected chi connectivity index (χ0v) is 12.1. The summed E-state index contributed by atoms with van der Waals surface area (Å²) in [6.45, 7) is 6.38. The van der Waals surface area contributed by atoms with E-state index in [0.29, 0.717) is 12.6 Å². The molecule has 0 radical (unpaired) electrons. The van der Waals surface area contributed by atoms with Crippen LogP contribution in [0.2, 0.25) is 5.02 Å². The summed E-state index contributed by atoms with van der Waals surface area (Å²) in [5.74, 6) is 0.739. The van der Waals surface area contributed by atoms with Crippen LogP contribution < -0.4 is 10.6 Å². The van der Waals surface area contributed by atoms with Gasteiger partial charge in [-0.25, -0.2) is 0 Å². The van der Waals surface area contributed by atoms with Gasteiger partial charge in [-0.05, 0) is 50.3 Å². The van der Waals surface area contributed by atoms with Crippen molar-refractivity contribution >= 4 is 17.3 Å². The number of hydrogen-bond donors (Lipinski definition) is 1. The molecule has 3 heteroatoms. The maximum absolute atomic E-state index is 6.43. The van der Waals surface area contributed by atoms with Crippen molar-refractivity contribution < 1.29 is 0 Å². The molecular formula is C15H23ClN2. The number of hydrogen-bond acceptors (Lipinski definition) is 2. The molecule has 1 fully saturated rings. The van der Waals surface area contributed by atoms with E-state index >= 15 is 0 Å². The highest BCUT2D eigenvalue weighted by Gasteiger charge is 2.26. The van der Waals surface area contributed by atoms with Gasteiger partial charge >= 0.3 is 0 Å². The minimum absolute atomic E-state index is 0.567. The zero-order chi connectivity index (χ0) is 13.1. The Labute approximate surface area is 115 Å². The highest BCUT2D eigenvalue weighted by atomic mass is 35.5. The lowest BCUT2D eigenvalue weighted by molar-refractivity contribution is 0.390. The topological polar surface area (TPSA) is 29.3 Å². The predicted octanol–water partition coefficient (Wildman–Crippen LogP) is 3.47. The highest BCUT2D eigenvalue weighted by molar-refractivity contribution is 6.33. The third-order valence-electron chi connectivity index (χ3n) is 3.89. The van der Waals surface area contributed by atoms with Gasteiger partial charge in [0.1, 0.15) is 0 Å². The summed E-state index contributed by atoms with van der Waals surface area (Å²) in [5, 5.41) is 0.863. The molecule has 100 valence electrons. The van der Waals surface area contributed by atoms with Crippen LogP contribution in [0.15, 0.2) is 18.2 Å². The molecule has 2 nitrogen and oxygen atoms in total. The fourth-order valence-electron chi connectivity index (χ4n) is 2.84. The summed E-state index contributed by atoms with van der Waals surface area (Å²) in [6, 6.07) is 6.73. The molecule has 1 aliphatic heterocycles. The van der Waals surface area contributed by atoms with Crippen LogP contribution in [0.4, 0.5) is 5.69 Å². The van der Waals surface area contributed by atoms with Crippen molar-refractivity contribution in [2.45, 2.75) is 39.2 Å². The Hall–Kier alpha value is -0.730. The molecule has 1 aliphatic rings. The van der Waals surface area contributed by atoms with Crippen LogP contribution in [0.1, 0.15) is 32.3 Å². The lowest BCUT2D eigenvalue weighted by Crippen LogP contribution is -2.41. The van der Waals surface area contributed by atoms with Gasteiger partial charge in [-0.3, -0.25) is 0 Å². The summed E-state index contributed by atoms with van der Waals surface area (Å²) in [6.07, 6.45) is 3.45. The van der Waals surface area contributed by atoms with Gasteiger partial charge in [-0.2, -0.15) is 0 Å². The summed E-state index contributed by atoms with van der Waals surface area (Å²) in [5.41, 5.74) is 8.20. The first-order valence-corrected chi connectivity index (χ1v) is 7.25. The molecule has 0 aliphatic carbocycles. The summed E-state index contributed by atoms with van der Waals surface area (Å²) < 4.78 is 0. The van der Waals surface area contributed by atoms with E-state index < -0.39 is 0 Å². The summed E-state index contributed by atoms with van der Waals surface area (Å²) in [4.78, 5) is 2.47. The molecule has 0 saturated carbocycles. The van der Waals surface area contributed by atoms with Crippen LogP contribution in [0.25, 0.3) is 0 Å². The predicted molar refractivity (Wildman–Crippen MR) is 79.4 cm³/mol. The van der Waals surface area contributed by atoms with Gasteiger partial charge < -0.3 is 10.6 Å². The fraction of sp³-hybridized carbons (Fsp3) is 0.600. The van der Waals surface area contributed by atoms with Gasteiger partial charge in [0.05, 0.1) is 10.7 Å². The highest BCUT2D eigenvalue weighted by Crippen LogP contribution is 2.35. The van der Waals surface area contributed by atoms with Crippen molar-refractivity contribution in [1.29, 1.82) is 0 Å². The van der Waals surface area contributed by atoms with E-state index in [4.69, 9.17) is 17.3 Å². The average Bonchev–Trinajstić information content (AvgIpc) is 2.34. The third-order valence-corrected chi connectivity index (χ3v) is 4.19. The molecule has 18 heavy (non-hydrogen) atoms. The minimum atomic E-state index is 0.567.